The first-order valence-electron chi connectivity index (χ1n) is 9.27. The fourth-order valence-corrected chi connectivity index (χ4v) is 3.30. The Balaban J connectivity index is 1.46. The van der Waals surface area contributed by atoms with E-state index in [1.165, 1.54) is 11.3 Å². The maximum absolute atomic E-state index is 12.4. The van der Waals surface area contributed by atoms with E-state index in [0.29, 0.717) is 6.54 Å². The minimum absolute atomic E-state index is 0.0239. The van der Waals surface area contributed by atoms with Crippen molar-refractivity contribution < 1.29 is 4.79 Å². The van der Waals surface area contributed by atoms with Gasteiger partial charge in [-0.05, 0) is 50.1 Å². The number of amides is 1. The van der Waals surface area contributed by atoms with Gasteiger partial charge in [-0.25, -0.2) is 0 Å². The van der Waals surface area contributed by atoms with E-state index < -0.39 is 0 Å². The lowest BCUT2D eigenvalue weighted by Gasteiger charge is -2.36. The highest BCUT2D eigenvalue weighted by Gasteiger charge is 2.20. The summed E-state index contributed by atoms with van der Waals surface area (Å²) in [5.74, 6) is 0.0714. The summed E-state index contributed by atoms with van der Waals surface area (Å²) >= 11 is 0. The first-order chi connectivity index (χ1) is 12.5. The minimum atomic E-state index is -0.0239. The molecule has 1 fully saturated rings. The number of nitrogens with zero attached hydrogens (tertiary/aromatic N) is 3. The molecule has 1 N–H and O–H groups in total. The van der Waals surface area contributed by atoms with Crippen molar-refractivity contribution in [2.45, 2.75) is 26.8 Å². The highest BCUT2D eigenvalue weighted by atomic mass is 16.2. The fourth-order valence-electron chi connectivity index (χ4n) is 3.30. The smallest absolute Gasteiger partial charge is 0.234 e. The van der Waals surface area contributed by atoms with Crippen molar-refractivity contribution in [2.75, 3.05) is 37.6 Å². The van der Waals surface area contributed by atoms with Crippen LogP contribution in [-0.2, 0) is 4.79 Å². The first-order valence-corrected chi connectivity index (χ1v) is 9.27. The van der Waals surface area contributed by atoms with Crippen molar-refractivity contribution >= 4 is 11.6 Å². The Bertz CT molecular complexity index is 736. The quantitative estimate of drug-likeness (QED) is 0.899. The summed E-state index contributed by atoms with van der Waals surface area (Å²) in [6.07, 6.45) is 1.83. The zero-order chi connectivity index (χ0) is 18.5. The molecule has 1 saturated heterocycles. The highest BCUT2D eigenvalue weighted by molar-refractivity contribution is 5.78. The van der Waals surface area contributed by atoms with Crippen LogP contribution in [0.15, 0.2) is 42.6 Å². The Morgan fingerprint density at radius 3 is 2.58 bits per heavy atom. The topological polar surface area (TPSA) is 48.5 Å². The number of carbonyl (C=O) groups excluding carboxylic acids is 1. The second kappa shape index (κ2) is 8.32. The Hall–Kier alpha value is -2.40. The summed E-state index contributed by atoms with van der Waals surface area (Å²) in [4.78, 5) is 21.3. The van der Waals surface area contributed by atoms with Gasteiger partial charge in [0.15, 0.2) is 0 Å². The number of aryl methyl sites for hydroxylation is 2. The van der Waals surface area contributed by atoms with Gasteiger partial charge in [-0.2, -0.15) is 0 Å². The monoisotopic (exact) mass is 352 g/mol. The van der Waals surface area contributed by atoms with Gasteiger partial charge in [0, 0.05) is 43.8 Å². The molecule has 1 unspecified atom stereocenters. The molecule has 2 heterocycles. The van der Waals surface area contributed by atoms with Crippen LogP contribution >= 0.6 is 0 Å². The van der Waals surface area contributed by atoms with E-state index >= 15 is 0 Å². The standard InChI is InChI=1S/C21H28N4O/c1-16-5-4-6-20(13-16)25-11-9-24(10-12-25)15-21(26)23-18(3)19-8-7-17(2)22-14-19/h4-8,13-14,18H,9-12,15H2,1-3H3,(H,23,26). The summed E-state index contributed by atoms with van der Waals surface area (Å²) in [5, 5.41) is 3.08. The number of pyridine rings is 1. The molecule has 138 valence electrons. The number of piperazine rings is 1. The minimum Gasteiger partial charge on any atom is -0.369 e. The maximum Gasteiger partial charge on any atom is 0.234 e. The van der Waals surface area contributed by atoms with Gasteiger partial charge in [-0.15, -0.1) is 0 Å². The molecule has 0 bridgehead atoms. The number of benzene rings is 1. The van der Waals surface area contributed by atoms with Crippen LogP contribution in [0.4, 0.5) is 5.69 Å². The van der Waals surface area contributed by atoms with Gasteiger partial charge in [-0.3, -0.25) is 14.7 Å². The molecule has 0 radical (unpaired) electrons. The van der Waals surface area contributed by atoms with Gasteiger partial charge in [0.1, 0.15) is 0 Å². The van der Waals surface area contributed by atoms with E-state index in [1.807, 2.05) is 32.2 Å². The molecule has 1 aromatic heterocycles. The molecule has 0 aliphatic carbocycles. The summed E-state index contributed by atoms with van der Waals surface area (Å²) in [5.41, 5.74) is 4.57. The summed E-state index contributed by atoms with van der Waals surface area (Å²) in [6.45, 7) is 10.2. The summed E-state index contributed by atoms with van der Waals surface area (Å²) < 4.78 is 0. The fraction of sp³-hybridized carbons (Fsp3) is 0.429. The van der Waals surface area contributed by atoms with Crippen molar-refractivity contribution in [2.24, 2.45) is 0 Å². The third kappa shape index (κ3) is 4.82. The van der Waals surface area contributed by atoms with Crippen LogP contribution in [0.2, 0.25) is 0 Å². The maximum atomic E-state index is 12.4. The third-order valence-corrected chi connectivity index (χ3v) is 4.92. The summed E-state index contributed by atoms with van der Waals surface area (Å²) in [6, 6.07) is 12.6. The van der Waals surface area contributed by atoms with Crippen LogP contribution in [-0.4, -0.2) is 48.5 Å². The second-order valence-electron chi connectivity index (χ2n) is 7.12. The van der Waals surface area contributed by atoms with Crippen LogP contribution in [0.1, 0.15) is 29.8 Å². The Labute approximate surface area is 156 Å². The van der Waals surface area contributed by atoms with Gasteiger partial charge < -0.3 is 10.2 Å². The molecule has 0 spiro atoms. The van der Waals surface area contributed by atoms with E-state index in [2.05, 4.69) is 51.3 Å². The molecule has 1 aliphatic heterocycles. The van der Waals surface area contributed by atoms with Crippen molar-refractivity contribution in [3.63, 3.8) is 0 Å². The molecule has 5 heteroatoms. The number of nitrogens with one attached hydrogen (secondary N) is 1. The molecule has 0 saturated carbocycles. The third-order valence-electron chi connectivity index (χ3n) is 4.92. The average Bonchev–Trinajstić information content (AvgIpc) is 2.62. The van der Waals surface area contributed by atoms with E-state index in [-0.39, 0.29) is 11.9 Å². The molecule has 1 aromatic carbocycles. The number of hydrogen-bond donors (Lipinski definition) is 1. The van der Waals surface area contributed by atoms with Crippen LogP contribution in [0, 0.1) is 13.8 Å². The molecular formula is C21H28N4O. The number of hydrogen-bond acceptors (Lipinski definition) is 4. The Morgan fingerprint density at radius 2 is 1.92 bits per heavy atom. The van der Waals surface area contributed by atoms with Gasteiger partial charge in [0.25, 0.3) is 0 Å². The van der Waals surface area contributed by atoms with Gasteiger partial charge in [0.2, 0.25) is 5.91 Å². The van der Waals surface area contributed by atoms with Crippen LogP contribution in [0.5, 0.6) is 0 Å². The molecule has 5 nitrogen and oxygen atoms in total. The highest BCUT2D eigenvalue weighted by Crippen LogP contribution is 2.18. The van der Waals surface area contributed by atoms with Crippen LogP contribution < -0.4 is 10.2 Å². The zero-order valence-electron chi connectivity index (χ0n) is 15.9. The SMILES string of the molecule is Cc1cccc(N2CCN(CC(=O)NC(C)c3ccc(C)nc3)CC2)c1. The van der Waals surface area contributed by atoms with Crippen molar-refractivity contribution in [3.05, 3.63) is 59.4 Å². The Kier molecular flexibility index (Phi) is 5.89. The Morgan fingerprint density at radius 1 is 1.15 bits per heavy atom. The largest absolute Gasteiger partial charge is 0.369 e. The van der Waals surface area contributed by atoms with E-state index in [1.54, 1.807) is 0 Å². The van der Waals surface area contributed by atoms with E-state index in [4.69, 9.17) is 0 Å². The number of carbonyl (C=O) groups is 1. The summed E-state index contributed by atoms with van der Waals surface area (Å²) in [7, 11) is 0. The van der Waals surface area contributed by atoms with E-state index in [9.17, 15) is 4.79 Å². The molecule has 1 amide bonds. The molecule has 1 atom stereocenters. The molecule has 1 aliphatic rings. The zero-order valence-corrected chi connectivity index (χ0v) is 15.9. The predicted molar refractivity (Wildman–Crippen MR) is 105 cm³/mol. The van der Waals surface area contributed by atoms with Crippen molar-refractivity contribution in [1.82, 2.24) is 15.2 Å². The van der Waals surface area contributed by atoms with Crippen LogP contribution in [0.25, 0.3) is 0 Å². The van der Waals surface area contributed by atoms with Crippen LogP contribution in [0.3, 0.4) is 0 Å². The average molecular weight is 352 g/mol. The van der Waals surface area contributed by atoms with Gasteiger partial charge >= 0.3 is 0 Å². The number of aromatic nitrogens is 1. The van der Waals surface area contributed by atoms with Gasteiger partial charge in [-0.1, -0.05) is 18.2 Å². The van der Waals surface area contributed by atoms with Crippen molar-refractivity contribution in [1.29, 1.82) is 0 Å². The second-order valence-corrected chi connectivity index (χ2v) is 7.12. The van der Waals surface area contributed by atoms with Crippen molar-refractivity contribution in [3.8, 4) is 0 Å². The van der Waals surface area contributed by atoms with Gasteiger partial charge in [0.05, 0.1) is 12.6 Å². The lowest BCUT2D eigenvalue weighted by molar-refractivity contribution is -0.123. The molecule has 3 rings (SSSR count). The number of anilines is 1. The lowest BCUT2D eigenvalue weighted by Crippen LogP contribution is -2.49. The number of rotatable bonds is 5. The first kappa shape index (κ1) is 18.4. The molecule has 2 aromatic rings. The van der Waals surface area contributed by atoms with E-state index in [0.717, 1.165) is 37.4 Å². The lowest BCUT2D eigenvalue weighted by atomic mass is 10.1. The molecular weight excluding hydrogens is 324 g/mol. The molecule has 26 heavy (non-hydrogen) atoms. The normalized spacial score (nSPS) is 16.3. The predicted octanol–water partition coefficient (Wildman–Crippen LogP) is 2.70.